The van der Waals surface area contributed by atoms with Crippen molar-refractivity contribution in [2.24, 2.45) is 5.73 Å². The molecular weight excluding hydrogens is 266 g/mol. The molecule has 0 amide bonds. The van der Waals surface area contributed by atoms with Gasteiger partial charge in [-0.15, -0.1) is 0 Å². The summed E-state index contributed by atoms with van der Waals surface area (Å²) in [7, 11) is -2.73. The van der Waals surface area contributed by atoms with Crippen LogP contribution in [0.4, 0.5) is 8.78 Å². The number of methoxy groups -OCH3 is 1. The molecular formula is C10H14F2N2O3S. The van der Waals surface area contributed by atoms with Crippen LogP contribution >= 0.6 is 0 Å². The normalized spacial score (nSPS) is 11.8. The van der Waals surface area contributed by atoms with E-state index in [-0.39, 0.29) is 25.3 Å². The minimum atomic E-state index is -4.12. The monoisotopic (exact) mass is 280 g/mol. The van der Waals surface area contributed by atoms with Crippen molar-refractivity contribution in [3.8, 4) is 0 Å². The molecule has 1 aromatic rings. The molecule has 18 heavy (non-hydrogen) atoms. The van der Waals surface area contributed by atoms with Crippen LogP contribution in [0.25, 0.3) is 0 Å². The van der Waals surface area contributed by atoms with Crippen LogP contribution in [0.3, 0.4) is 0 Å². The highest BCUT2D eigenvalue weighted by Gasteiger charge is 2.22. The van der Waals surface area contributed by atoms with Crippen LogP contribution in [0.1, 0.15) is 5.56 Å². The Morgan fingerprint density at radius 3 is 2.61 bits per heavy atom. The Hall–Kier alpha value is -1.09. The lowest BCUT2D eigenvalue weighted by atomic mass is 10.2. The fourth-order valence-electron chi connectivity index (χ4n) is 1.29. The van der Waals surface area contributed by atoms with Crippen LogP contribution < -0.4 is 10.5 Å². The number of hydrogen-bond acceptors (Lipinski definition) is 4. The topological polar surface area (TPSA) is 81.4 Å². The Morgan fingerprint density at radius 2 is 2.06 bits per heavy atom. The van der Waals surface area contributed by atoms with Gasteiger partial charge in [0.1, 0.15) is 4.90 Å². The van der Waals surface area contributed by atoms with Crippen molar-refractivity contribution in [2.75, 3.05) is 20.3 Å². The molecule has 0 aliphatic rings. The third-order valence-electron chi connectivity index (χ3n) is 2.18. The van der Waals surface area contributed by atoms with Gasteiger partial charge in [-0.3, -0.25) is 0 Å². The number of halogens is 2. The first-order valence-electron chi connectivity index (χ1n) is 5.09. The zero-order valence-corrected chi connectivity index (χ0v) is 10.6. The Bertz CT molecular complexity index is 520. The summed E-state index contributed by atoms with van der Waals surface area (Å²) in [6, 6.07) is 1.87. The van der Waals surface area contributed by atoms with E-state index in [1.165, 1.54) is 7.11 Å². The molecule has 0 saturated heterocycles. The smallest absolute Gasteiger partial charge is 0.243 e. The van der Waals surface area contributed by atoms with Gasteiger partial charge >= 0.3 is 0 Å². The molecule has 0 atom stereocenters. The number of rotatable bonds is 6. The van der Waals surface area contributed by atoms with Crippen molar-refractivity contribution in [2.45, 2.75) is 11.4 Å². The number of nitrogens with two attached hydrogens (primary N) is 1. The number of ether oxygens (including phenoxy) is 1. The standard InChI is InChI=1S/C10H14F2N2O3S/c1-17-3-2-14-18(15,16)9-5-7(6-13)4-8(11)10(9)12/h4-5,14H,2-3,6,13H2,1H3. The van der Waals surface area contributed by atoms with Crippen LogP contribution in [0.2, 0.25) is 0 Å². The molecule has 0 spiro atoms. The SMILES string of the molecule is COCCNS(=O)(=O)c1cc(CN)cc(F)c1F. The van der Waals surface area contributed by atoms with E-state index < -0.39 is 26.6 Å². The van der Waals surface area contributed by atoms with Crippen LogP contribution in [0.5, 0.6) is 0 Å². The summed E-state index contributed by atoms with van der Waals surface area (Å²) in [5, 5.41) is 0. The maximum atomic E-state index is 13.5. The largest absolute Gasteiger partial charge is 0.383 e. The predicted octanol–water partition coefficient (Wildman–Crippen LogP) is 0.348. The molecule has 0 aliphatic heterocycles. The molecule has 0 fully saturated rings. The van der Waals surface area contributed by atoms with Gasteiger partial charge in [-0.2, -0.15) is 0 Å². The highest BCUT2D eigenvalue weighted by Crippen LogP contribution is 2.19. The second-order valence-corrected chi connectivity index (χ2v) is 5.22. The molecule has 0 radical (unpaired) electrons. The fraction of sp³-hybridized carbons (Fsp3) is 0.400. The maximum Gasteiger partial charge on any atom is 0.243 e. The summed E-state index contributed by atoms with van der Waals surface area (Å²) in [5.74, 6) is -2.66. The van der Waals surface area contributed by atoms with Crippen molar-refractivity contribution in [1.82, 2.24) is 4.72 Å². The van der Waals surface area contributed by atoms with Crippen molar-refractivity contribution < 1.29 is 21.9 Å². The summed E-state index contributed by atoms with van der Waals surface area (Å²) >= 11 is 0. The van der Waals surface area contributed by atoms with E-state index in [0.29, 0.717) is 0 Å². The zero-order valence-electron chi connectivity index (χ0n) is 9.74. The maximum absolute atomic E-state index is 13.5. The lowest BCUT2D eigenvalue weighted by Gasteiger charge is -2.09. The van der Waals surface area contributed by atoms with E-state index >= 15 is 0 Å². The van der Waals surface area contributed by atoms with Gasteiger partial charge < -0.3 is 10.5 Å². The summed E-state index contributed by atoms with van der Waals surface area (Å²) in [4.78, 5) is -0.751. The average Bonchev–Trinajstić information content (AvgIpc) is 2.32. The summed E-state index contributed by atoms with van der Waals surface area (Å²) < 4.78 is 56.9. The van der Waals surface area contributed by atoms with E-state index in [1.807, 2.05) is 0 Å². The van der Waals surface area contributed by atoms with E-state index in [1.54, 1.807) is 0 Å². The third kappa shape index (κ3) is 3.45. The second-order valence-electron chi connectivity index (χ2n) is 3.48. The minimum Gasteiger partial charge on any atom is -0.383 e. The third-order valence-corrected chi connectivity index (χ3v) is 3.64. The molecule has 1 rings (SSSR count). The Balaban J connectivity index is 3.11. The van der Waals surface area contributed by atoms with Crippen LogP contribution in [-0.4, -0.2) is 28.7 Å². The molecule has 1 aromatic carbocycles. The number of hydrogen-bond donors (Lipinski definition) is 2. The second kappa shape index (κ2) is 6.19. The fourth-order valence-corrected chi connectivity index (χ4v) is 2.43. The quantitative estimate of drug-likeness (QED) is 0.737. The van der Waals surface area contributed by atoms with E-state index in [4.69, 9.17) is 5.73 Å². The van der Waals surface area contributed by atoms with Crippen LogP contribution in [-0.2, 0) is 21.3 Å². The predicted molar refractivity (Wildman–Crippen MR) is 61.3 cm³/mol. The molecule has 3 N–H and O–H groups in total. The van der Waals surface area contributed by atoms with Crippen molar-refractivity contribution in [1.29, 1.82) is 0 Å². The Kier molecular flexibility index (Phi) is 5.15. The molecule has 0 unspecified atom stereocenters. The van der Waals surface area contributed by atoms with E-state index in [2.05, 4.69) is 9.46 Å². The molecule has 0 aliphatic carbocycles. The van der Waals surface area contributed by atoms with Gasteiger partial charge in [-0.1, -0.05) is 0 Å². The van der Waals surface area contributed by atoms with E-state index in [0.717, 1.165) is 12.1 Å². The van der Waals surface area contributed by atoms with Gasteiger partial charge in [0.2, 0.25) is 10.0 Å². The summed E-state index contributed by atoms with van der Waals surface area (Å²) in [6.45, 7) is 0.00441. The first-order chi connectivity index (χ1) is 8.42. The molecule has 0 bridgehead atoms. The van der Waals surface area contributed by atoms with Crippen LogP contribution in [0.15, 0.2) is 17.0 Å². The molecule has 102 valence electrons. The number of sulfonamides is 1. The minimum absolute atomic E-state index is 0.0350. The lowest BCUT2D eigenvalue weighted by molar-refractivity contribution is 0.204. The molecule has 5 nitrogen and oxygen atoms in total. The molecule has 0 saturated carbocycles. The summed E-state index contributed by atoms with van der Waals surface area (Å²) in [5.41, 5.74) is 5.47. The van der Waals surface area contributed by atoms with Gasteiger partial charge in [0, 0.05) is 20.2 Å². The highest BCUT2D eigenvalue weighted by molar-refractivity contribution is 7.89. The lowest BCUT2D eigenvalue weighted by Crippen LogP contribution is -2.28. The van der Waals surface area contributed by atoms with Gasteiger partial charge in [-0.25, -0.2) is 21.9 Å². The number of benzene rings is 1. The zero-order chi connectivity index (χ0) is 13.8. The summed E-state index contributed by atoms with van der Waals surface area (Å²) in [6.07, 6.45) is 0. The van der Waals surface area contributed by atoms with Crippen molar-refractivity contribution >= 4 is 10.0 Å². The molecule has 0 aromatic heterocycles. The highest BCUT2D eigenvalue weighted by atomic mass is 32.2. The number of nitrogens with one attached hydrogen (secondary N) is 1. The van der Waals surface area contributed by atoms with Gasteiger partial charge in [0.15, 0.2) is 11.6 Å². The average molecular weight is 280 g/mol. The first kappa shape index (κ1) is 15.0. The van der Waals surface area contributed by atoms with E-state index in [9.17, 15) is 17.2 Å². The Morgan fingerprint density at radius 1 is 1.39 bits per heavy atom. The van der Waals surface area contributed by atoms with Crippen molar-refractivity contribution in [3.63, 3.8) is 0 Å². The first-order valence-corrected chi connectivity index (χ1v) is 6.57. The Labute approximate surface area is 104 Å². The van der Waals surface area contributed by atoms with Gasteiger partial charge in [-0.05, 0) is 17.7 Å². The molecule has 8 heteroatoms. The molecule has 0 heterocycles. The van der Waals surface area contributed by atoms with Crippen molar-refractivity contribution in [3.05, 3.63) is 29.3 Å². The van der Waals surface area contributed by atoms with Crippen LogP contribution in [0, 0.1) is 11.6 Å². The van der Waals surface area contributed by atoms with Gasteiger partial charge in [0.05, 0.1) is 6.61 Å². The van der Waals surface area contributed by atoms with Gasteiger partial charge in [0.25, 0.3) is 0 Å².